The van der Waals surface area contributed by atoms with Crippen LogP contribution in [0.2, 0.25) is 0 Å². The molecule has 144 valence electrons. The van der Waals surface area contributed by atoms with Gasteiger partial charge in [-0.05, 0) is 60.7 Å². The Kier molecular flexibility index (Phi) is 4.83. The molecule has 5 aromatic rings. The summed E-state index contributed by atoms with van der Waals surface area (Å²) in [7, 11) is 0. The summed E-state index contributed by atoms with van der Waals surface area (Å²) >= 11 is 5.50. The molecule has 0 aliphatic heterocycles. The first kappa shape index (κ1) is 18.3. The van der Waals surface area contributed by atoms with Gasteiger partial charge in [-0.3, -0.25) is 0 Å². The van der Waals surface area contributed by atoms with Crippen molar-refractivity contribution in [1.29, 1.82) is 0 Å². The third-order valence-electron chi connectivity index (χ3n) is 5.05. The van der Waals surface area contributed by atoms with Gasteiger partial charge in [-0.2, -0.15) is 0 Å². The van der Waals surface area contributed by atoms with Crippen LogP contribution in [0.4, 0.5) is 17.1 Å². The Labute approximate surface area is 180 Å². The van der Waals surface area contributed by atoms with Crippen molar-refractivity contribution < 1.29 is 0 Å². The Morgan fingerprint density at radius 2 is 1.13 bits per heavy atom. The molecule has 0 spiro atoms. The lowest BCUT2D eigenvalue weighted by Gasteiger charge is -2.25. The minimum absolute atomic E-state index is 0.610. The Morgan fingerprint density at radius 3 is 1.77 bits per heavy atom. The SMILES string of the molecule is S=c1nc(-c2ccc(N(c3ccccc3)c3ccccc3)cc2)[nH]c2ccccc12. The van der Waals surface area contributed by atoms with Crippen LogP contribution in [0.5, 0.6) is 0 Å². The summed E-state index contributed by atoms with van der Waals surface area (Å²) in [5, 5.41) is 0.965. The zero-order valence-corrected chi connectivity index (χ0v) is 17.0. The van der Waals surface area contributed by atoms with E-state index in [1.165, 1.54) is 0 Å². The van der Waals surface area contributed by atoms with Crippen LogP contribution in [0.1, 0.15) is 0 Å². The number of hydrogen-bond acceptors (Lipinski definition) is 3. The van der Waals surface area contributed by atoms with Crippen molar-refractivity contribution in [1.82, 2.24) is 9.97 Å². The van der Waals surface area contributed by atoms with Crippen molar-refractivity contribution in [3.63, 3.8) is 0 Å². The Bertz CT molecular complexity index is 1300. The molecule has 0 radical (unpaired) electrons. The van der Waals surface area contributed by atoms with Gasteiger partial charge in [0.15, 0.2) is 0 Å². The maximum atomic E-state index is 5.50. The van der Waals surface area contributed by atoms with Crippen LogP contribution in [0.3, 0.4) is 0 Å². The molecule has 1 heterocycles. The molecule has 5 rings (SSSR count). The molecule has 0 atom stereocenters. The topological polar surface area (TPSA) is 31.9 Å². The van der Waals surface area contributed by atoms with Gasteiger partial charge >= 0.3 is 0 Å². The van der Waals surface area contributed by atoms with Gasteiger partial charge in [0.1, 0.15) is 10.5 Å². The summed E-state index contributed by atoms with van der Waals surface area (Å²) in [5.41, 5.74) is 5.29. The second-order valence-corrected chi connectivity index (χ2v) is 7.38. The zero-order valence-electron chi connectivity index (χ0n) is 16.2. The maximum Gasteiger partial charge on any atom is 0.139 e. The summed E-state index contributed by atoms with van der Waals surface area (Å²) in [6.07, 6.45) is 0. The van der Waals surface area contributed by atoms with E-state index in [9.17, 15) is 0 Å². The molecule has 4 aromatic carbocycles. The van der Waals surface area contributed by atoms with Gasteiger partial charge in [0.05, 0.1) is 0 Å². The van der Waals surface area contributed by atoms with E-state index in [0.717, 1.165) is 39.4 Å². The van der Waals surface area contributed by atoms with Crippen LogP contribution in [0, 0.1) is 4.64 Å². The van der Waals surface area contributed by atoms with Gasteiger partial charge in [-0.15, -0.1) is 0 Å². The normalized spacial score (nSPS) is 10.8. The molecule has 0 aliphatic carbocycles. The number of nitrogens with zero attached hydrogens (tertiary/aromatic N) is 2. The van der Waals surface area contributed by atoms with Crippen LogP contribution < -0.4 is 4.90 Å². The van der Waals surface area contributed by atoms with Gasteiger partial charge in [0.2, 0.25) is 0 Å². The number of para-hydroxylation sites is 3. The predicted molar refractivity (Wildman–Crippen MR) is 127 cm³/mol. The van der Waals surface area contributed by atoms with E-state index in [2.05, 4.69) is 87.7 Å². The highest BCUT2D eigenvalue weighted by molar-refractivity contribution is 7.71. The Balaban J connectivity index is 1.57. The van der Waals surface area contributed by atoms with E-state index >= 15 is 0 Å². The second kappa shape index (κ2) is 7.93. The third-order valence-corrected chi connectivity index (χ3v) is 5.36. The van der Waals surface area contributed by atoms with Crippen LogP contribution in [0.15, 0.2) is 109 Å². The molecule has 4 heteroatoms. The highest BCUT2D eigenvalue weighted by atomic mass is 32.1. The lowest BCUT2D eigenvalue weighted by Crippen LogP contribution is -2.09. The highest BCUT2D eigenvalue weighted by Gasteiger charge is 2.12. The molecule has 0 fully saturated rings. The van der Waals surface area contributed by atoms with Gasteiger partial charge in [0, 0.05) is 33.5 Å². The van der Waals surface area contributed by atoms with Gasteiger partial charge in [0.25, 0.3) is 0 Å². The first-order chi connectivity index (χ1) is 14.8. The molecule has 0 aliphatic rings. The molecule has 0 saturated heterocycles. The van der Waals surface area contributed by atoms with E-state index in [1.807, 2.05) is 36.4 Å². The van der Waals surface area contributed by atoms with Crippen LogP contribution in [-0.4, -0.2) is 9.97 Å². The summed E-state index contributed by atoms with van der Waals surface area (Å²) in [5.74, 6) is 0.774. The average molecular weight is 406 g/mol. The molecule has 30 heavy (non-hydrogen) atoms. The summed E-state index contributed by atoms with van der Waals surface area (Å²) < 4.78 is 0.610. The monoisotopic (exact) mass is 405 g/mol. The standard InChI is InChI=1S/C26H19N3S/c30-26-23-13-7-8-14-24(23)27-25(28-26)19-15-17-22(18-16-19)29(20-9-3-1-4-10-20)21-11-5-2-6-12-21/h1-18H,(H,27,28,30). The smallest absolute Gasteiger partial charge is 0.139 e. The molecule has 1 N–H and O–H groups in total. The summed E-state index contributed by atoms with van der Waals surface area (Å²) in [6.45, 7) is 0. The quantitative estimate of drug-likeness (QED) is 0.316. The number of fused-ring (bicyclic) bond motifs is 1. The van der Waals surface area contributed by atoms with Gasteiger partial charge in [-0.25, -0.2) is 4.98 Å². The Hall–Kier alpha value is -3.76. The minimum Gasteiger partial charge on any atom is -0.339 e. The van der Waals surface area contributed by atoms with Crippen LogP contribution in [0.25, 0.3) is 22.3 Å². The number of benzene rings is 4. The van der Waals surface area contributed by atoms with Crippen molar-refractivity contribution >= 4 is 40.2 Å². The average Bonchev–Trinajstić information content (AvgIpc) is 2.81. The summed E-state index contributed by atoms with van der Waals surface area (Å²) in [4.78, 5) is 10.2. The third kappa shape index (κ3) is 3.49. The molecular weight excluding hydrogens is 386 g/mol. The van der Waals surface area contributed by atoms with E-state index in [1.54, 1.807) is 0 Å². The lowest BCUT2D eigenvalue weighted by atomic mass is 10.1. The van der Waals surface area contributed by atoms with E-state index in [4.69, 9.17) is 12.2 Å². The number of H-pyrrole nitrogens is 1. The van der Waals surface area contributed by atoms with Gasteiger partial charge < -0.3 is 9.88 Å². The first-order valence-corrected chi connectivity index (χ1v) is 10.2. The molecule has 0 unspecified atom stereocenters. The van der Waals surface area contributed by atoms with Crippen molar-refractivity contribution in [2.24, 2.45) is 0 Å². The fourth-order valence-corrected chi connectivity index (χ4v) is 3.87. The van der Waals surface area contributed by atoms with Gasteiger partial charge in [-0.1, -0.05) is 60.7 Å². The second-order valence-electron chi connectivity index (χ2n) is 6.99. The minimum atomic E-state index is 0.610. The number of hydrogen-bond donors (Lipinski definition) is 1. The molecule has 0 saturated carbocycles. The van der Waals surface area contributed by atoms with Crippen molar-refractivity contribution in [3.05, 3.63) is 114 Å². The number of anilines is 3. The molecule has 1 aromatic heterocycles. The van der Waals surface area contributed by atoms with Crippen LogP contribution >= 0.6 is 12.2 Å². The van der Waals surface area contributed by atoms with Crippen molar-refractivity contribution in [2.75, 3.05) is 4.90 Å². The predicted octanol–water partition coefficient (Wildman–Crippen LogP) is 7.43. The number of aromatic nitrogens is 2. The zero-order chi connectivity index (χ0) is 20.3. The molecule has 3 nitrogen and oxygen atoms in total. The number of aromatic amines is 1. The lowest BCUT2D eigenvalue weighted by molar-refractivity contribution is 1.21. The van der Waals surface area contributed by atoms with Crippen molar-refractivity contribution in [3.8, 4) is 11.4 Å². The molecular formula is C26H19N3S. The fourth-order valence-electron chi connectivity index (χ4n) is 3.60. The largest absolute Gasteiger partial charge is 0.339 e. The van der Waals surface area contributed by atoms with Crippen molar-refractivity contribution in [2.45, 2.75) is 0 Å². The maximum absolute atomic E-state index is 5.50. The fraction of sp³-hybridized carbons (Fsp3) is 0. The van der Waals surface area contributed by atoms with E-state index in [0.29, 0.717) is 4.64 Å². The molecule has 0 bridgehead atoms. The van der Waals surface area contributed by atoms with Crippen LogP contribution in [-0.2, 0) is 0 Å². The summed E-state index contributed by atoms with van der Waals surface area (Å²) in [6, 6.07) is 37.1. The highest BCUT2D eigenvalue weighted by Crippen LogP contribution is 2.34. The Morgan fingerprint density at radius 1 is 0.600 bits per heavy atom. The number of nitrogens with one attached hydrogen (secondary N) is 1. The number of rotatable bonds is 4. The van der Waals surface area contributed by atoms with E-state index < -0.39 is 0 Å². The van der Waals surface area contributed by atoms with E-state index in [-0.39, 0.29) is 0 Å². The molecule has 0 amide bonds. The first-order valence-electron chi connectivity index (χ1n) is 9.79.